The van der Waals surface area contributed by atoms with Crippen LogP contribution in [0.2, 0.25) is 0 Å². The van der Waals surface area contributed by atoms with Gasteiger partial charge in [-0.05, 0) is 23.8 Å². The maximum atomic E-state index is 12.1. The summed E-state index contributed by atoms with van der Waals surface area (Å²) in [5.74, 6) is 0.129. The van der Waals surface area contributed by atoms with Crippen molar-refractivity contribution < 1.29 is 9.90 Å². The van der Waals surface area contributed by atoms with E-state index in [0.717, 1.165) is 32.9 Å². The van der Waals surface area contributed by atoms with Crippen molar-refractivity contribution in [1.29, 1.82) is 0 Å². The number of anilines is 1. The maximum absolute atomic E-state index is 12.1. The van der Waals surface area contributed by atoms with Gasteiger partial charge in [0.15, 0.2) is 5.82 Å². The molecule has 0 amide bonds. The van der Waals surface area contributed by atoms with Crippen LogP contribution in [0.4, 0.5) is 5.82 Å². The van der Waals surface area contributed by atoms with E-state index in [-0.39, 0.29) is 0 Å². The molecule has 0 bridgehead atoms. The van der Waals surface area contributed by atoms with Crippen LogP contribution < -0.4 is 5.32 Å². The SMILES string of the molecule is O=C(O)[C@H](Cc1c[nH]c2ccccc12)Nc1nc(-c2ccccc2)nc2ccccc12. The number of hydrogen-bond donors (Lipinski definition) is 3. The average molecular weight is 408 g/mol. The number of fused-ring (bicyclic) bond motifs is 2. The fraction of sp³-hybridized carbons (Fsp3) is 0.0800. The minimum atomic E-state index is -0.936. The molecule has 6 heteroatoms. The smallest absolute Gasteiger partial charge is 0.326 e. The Morgan fingerprint density at radius 3 is 2.42 bits per heavy atom. The lowest BCUT2D eigenvalue weighted by Gasteiger charge is -2.17. The van der Waals surface area contributed by atoms with Crippen LogP contribution in [0.25, 0.3) is 33.2 Å². The third kappa shape index (κ3) is 3.71. The first-order valence-corrected chi connectivity index (χ1v) is 10.1. The van der Waals surface area contributed by atoms with Crippen molar-refractivity contribution in [3.63, 3.8) is 0 Å². The lowest BCUT2D eigenvalue weighted by Crippen LogP contribution is -2.32. The van der Waals surface area contributed by atoms with Gasteiger partial charge in [-0.15, -0.1) is 0 Å². The number of aromatic amines is 1. The molecule has 3 aromatic carbocycles. The van der Waals surface area contributed by atoms with Crippen molar-refractivity contribution in [3.8, 4) is 11.4 Å². The molecule has 31 heavy (non-hydrogen) atoms. The van der Waals surface area contributed by atoms with Crippen LogP contribution in [-0.4, -0.2) is 32.1 Å². The number of rotatable bonds is 6. The predicted octanol–water partition coefficient (Wildman–Crippen LogP) is 4.89. The molecule has 0 aliphatic heterocycles. The molecule has 3 N–H and O–H groups in total. The summed E-state index contributed by atoms with van der Waals surface area (Å²) in [6.07, 6.45) is 2.19. The van der Waals surface area contributed by atoms with Crippen LogP contribution in [-0.2, 0) is 11.2 Å². The third-order valence-corrected chi connectivity index (χ3v) is 5.34. The van der Waals surface area contributed by atoms with Gasteiger partial charge in [-0.1, -0.05) is 60.7 Å². The minimum Gasteiger partial charge on any atom is -0.480 e. The van der Waals surface area contributed by atoms with Crippen molar-refractivity contribution in [3.05, 3.63) is 90.6 Å². The number of hydrogen-bond acceptors (Lipinski definition) is 4. The molecule has 0 aliphatic rings. The second kappa shape index (κ2) is 7.91. The lowest BCUT2D eigenvalue weighted by molar-refractivity contribution is -0.137. The van der Waals surface area contributed by atoms with Gasteiger partial charge in [0.05, 0.1) is 5.52 Å². The molecule has 0 unspecified atom stereocenters. The number of H-pyrrole nitrogens is 1. The van der Waals surface area contributed by atoms with Gasteiger partial charge < -0.3 is 15.4 Å². The molecule has 0 saturated heterocycles. The van der Waals surface area contributed by atoms with Gasteiger partial charge in [0, 0.05) is 34.5 Å². The van der Waals surface area contributed by atoms with Crippen LogP contribution in [0, 0.1) is 0 Å². The number of nitrogens with zero attached hydrogens (tertiary/aromatic N) is 2. The van der Waals surface area contributed by atoms with E-state index in [1.165, 1.54) is 0 Å². The van der Waals surface area contributed by atoms with Crippen molar-refractivity contribution in [2.75, 3.05) is 5.32 Å². The molecular formula is C25H20N4O2. The number of carboxylic acid groups (broad SMARTS) is 1. The zero-order chi connectivity index (χ0) is 21.2. The number of benzene rings is 3. The van der Waals surface area contributed by atoms with E-state index in [1.807, 2.05) is 85.1 Å². The van der Waals surface area contributed by atoms with Crippen LogP contribution in [0.5, 0.6) is 0 Å². The maximum Gasteiger partial charge on any atom is 0.326 e. The molecule has 6 nitrogen and oxygen atoms in total. The van der Waals surface area contributed by atoms with Crippen LogP contribution in [0.15, 0.2) is 85.1 Å². The molecule has 5 rings (SSSR count). The molecule has 0 spiro atoms. The summed E-state index contributed by atoms with van der Waals surface area (Å²) in [6, 6.07) is 24.3. The van der Waals surface area contributed by atoms with E-state index in [9.17, 15) is 9.90 Å². The summed E-state index contributed by atoms with van der Waals surface area (Å²) in [5, 5.41) is 14.9. The van der Waals surface area contributed by atoms with E-state index >= 15 is 0 Å². The highest BCUT2D eigenvalue weighted by Gasteiger charge is 2.22. The Morgan fingerprint density at radius 2 is 1.61 bits per heavy atom. The molecule has 152 valence electrons. The summed E-state index contributed by atoms with van der Waals surface area (Å²) in [6.45, 7) is 0. The largest absolute Gasteiger partial charge is 0.480 e. The van der Waals surface area contributed by atoms with E-state index in [0.29, 0.717) is 18.1 Å². The summed E-state index contributed by atoms with van der Waals surface area (Å²) < 4.78 is 0. The van der Waals surface area contributed by atoms with Gasteiger partial charge in [0.1, 0.15) is 11.9 Å². The summed E-state index contributed by atoms with van der Waals surface area (Å²) in [7, 11) is 0. The molecule has 1 atom stereocenters. The zero-order valence-electron chi connectivity index (χ0n) is 16.6. The Balaban J connectivity index is 1.55. The molecule has 0 aliphatic carbocycles. The first kappa shape index (κ1) is 18.8. The molecular weight excluding hydrogens is 388 g/mol. The minimum absolute atomic E-state index is 0.318. The average Bonchev–Trinajstić information content (AvgIpc) is 3.22. The van der Waals surface area contributed by atoms with Crippen LogP contribution >= 0.6 is 0 Å². The topological polar surface area (TPSA) is 90.9 Å². The Kier molecular flexibility index (Phi) is 4.80. The van der Waals surface area contributed by atoms with E-state index < -0.39 is 12.0 Å². The molecule has 0 fully saturated rings. The second-order valence-electron chi connectivity index (χ2n) is 7.38. The third-order valence-electron chi connectivity index (χ3n) is 5.34. The van der Waals surface area contributed by atoms with Crippen molar-refractivity contribution in [1.82, 2.24) is 15.0 Å². The van der Waals surface area contributed by atoms with Crippen molar-refractivity contribution >= 4 is 33.6 Å². The van der Waals surface area contributed by atoms with Gasteiger partial charge in [-0.3, -0.25) is 0 Å². The van der Waals surface area contributed by atoms with Crippen molar-refractivity contribution in [2.45, 2.75) is 12.5 Å². The summed E-state index contributed by atoms with van der Waals surface area (Å²) in [4.78, 5) is 24.7. The number of carbonyl (C=O) groups is 1. The molecule has 0 radical (unpaired) electrons. The number of nitrogens with one attached hydrogen (secondary N) is 2. The number of aliphatic carboxylic acids is 1. The van der Waals surface area contributed by atoms with Gasteiger partial charge in [-0.25, -0.2) is 14.8 Å². The summed E-state index contributed by atoms with van der Waals surface area (Å²) >= 11 is 0. The van der Waals surface area contributed by atoms with Gasteiger partial charge >= 0.3 is 5.97 Å². The standard InChI is InChI=1S/C25H20N4O2/c30-25(31)22(14-17-15-26-20-12-6-4-10-18(17)20)28-24-19-11-5-7-13-21(19)27-23(29-24)16-8-2-1-3-9-16/h1-13,15,22,26H,14H2,(H,30,31)(H,27,28,29)/t22-/m0/s1. The lowest BCUT2D eigenvalue weighted by atomic mass is 10.0. The highest BCUT2D eigenvalue weighted by atomic mass is 16.4. The Bertz CT molecular complexity index is 1380. The number of aromatic nitrogens is 3. The van der Waals surface area contributed by atoms with Gasteiger partial charge in [0.25, 0.3) is 0 Å². The zero-order valence-corrected chi connectivity index (χ0v) is 16.6. The van der Waals surface area contributed by atoms with Crippen LogP contribution in [0.3, 0.4) is 0 Å². The van der Waals surface area contributed by atoms with Crippen LogP contribution in [0.1, 0.15) is 5.56 Å². The van der Waals surface area contributed by atoms with Crippen molar-refractivity contribution in [2.24, 2.45) is 0 Å². The van der Waals surface area contributed by atoms with Gasteiger partial charge in [-0.2, -0.15) is 0 Å². The monoisotopic (exact) mass is 408 g/mol. The molecule has 2 heterocycles. The fourth-order valence-electron chi connectivity index (χ4n) is 3.79. The molecule has 0 saturated carbocycles. The number of carboxylic acids is 1. The second-order valence-corrected chi connectivity index (χ2v) is 7.38. The number of para-hydroxylation sites is 2. The first-order chi connectivity index (χ1) is 15.2. The first-order valence-electron chi connectivity index (χ1n) is 10.1. The quantitative estimate of drug-likeness (QED) is 0.372. The van der Waals surface area contributed by atoms with Gasteiger partial charge in [0.2, 0.25) is 0 Å². The molecule has 2 aromatic heterocycles. The van der Waals surface area contributed by atoms with E-state index in [1.54, 1.807) is 0 Å². The summed E-state index contributed by atoms with van der Waals surface area (Å²) in [5.41, 5.74) is 3.56. The Hall–Kier alpha value is -4.19. The van der Waals surface area contributed by atoms with E-state index in [2.05, 4.69) is 15.3 Å². The fourth-order valence-corrected chi connectivity index (χ4v) is 3.79. The van der Waals surface area contributed by atoms with E-state index in [4.69, 9.17) is 4.98 Å². The highest BCUT2D eigenvalue weighted by Crippen LogP contribution is 2.26. The highest BCUT2D eigenvalue weighted by molar-refractivity contribution is 5.92. The Labute approximate surface area is 178 Å². The normalized spacial score (nSPS) is 12.1. The molecule has 5 aromatic rings. The predicted molar refractivity (Wildman–Crippen MR) is 122 cm³/mol. The Morgan fingerprint density at radius 1 is 0.903 bits per heavy atom.